The minimum atomic E-state index is -0.382. The number of hydrogen-bond donors (Lipinski definition) is 1. The lowest BCUT2D eigenvalue weighted by molar-refractivity contribution is -0.0438. The molecule has 2 unspecified atom stereocenters. The van der Waals surface area contributed by atoms with Gasteiger partial charge < -0.3 is 19.5 Å². The maximum absolute atomic E-state index is 10.1. The number of methoxy groups -OCH3 is 1. The van der Waals surface area contributed by atoms with Crippen LogP contribution in [0.1, 0.15) is 45.4 Å². The Hall–Kier alpha value is -0.160. The molecule has 4 heteroatoms. The van der Waals surface area contributed by atoms with E-state index in [1.54, 1.807) is 7.11 Å². The van der Waals surface area contributed by atoms with E-state index in [-0.39, 0.29) is 12.2 Å². The van der Waals surface area contributed by atoms with Crippen molar-refractivity contribution in [2.45, 2.75) is 57.7 Å². The largest absolute Gasteiger partial charge is 0.389 e. The first-order valence-electron chi connectivity index (χ1n) is 8.14. The third-order valence-electron chi connectivity index (χ3n) is 5.02. The van der Waals surface area contributed by atoms with Gasteiger partial charge in [0.15, 0.2) is 0 Å². The van der Waals surface area contributed by atoms with Gasteiger partial charge in [0, 0.05) is 13.7 Å². The number of hydrogen-bond acceptors (Lipinski definition) is 4. The predicted octanol–water partition coefficient (Wildman–Crippen LogP) is 2.05. The quantitative estimate of drug-likeness (QED) is 0.777. The van der Waals surface area contributed by atoms with Gasteiger partial charge in [0.2, 0.25) is 0 Å². The minimum Gasteiger partial charge on any atom is -0.389 e. The molecule has 0 aromatic rings. The van der Waals surface area contributed by atoms with Crippen molar-refractivity contribution in [2.24, 2.45) is 5.41 Å². The summed E-state index contributed by atoms with van der Waals surface area (Å²) in [6.45, 7) is 6.00. The van der Waals surface area contributed by atoms with Crippen LogP contribution in [0.15, 0.2) is 0 Å². The number of rotatable bonds is 7. The number of ether oxygens (including phenoxy) is 2. The van der Waals surface area contributed by atoms with Crippen LogP contribution < -0.4 is 0 Å². The van der Waals surface area contributed by atoms with Gasteiger partial charge in [0.05, 0.1) is 25.4 Å². The maximum Gasteiger partial charge on any atom is 0.0900 e. The Morgan fingerprint density at radius 3 is 2.35 bits per heavy atom. The molecule has 0 aromatic heterocycles. The fourth-order valence-corrected chi connectivity index (χ4v) is 3.74. The zero-order valence-corrected chi connectivity index (χ0v) is 13.1. The van der Waals surface area contributed by atoms with Crippen LogP contribution in [0.5, 0.6) is 0 Å². The van der Waals surface area contributed by atoms with Crippen LogP contribution in [0, 0.1) is 5.41 Å². The Labute approximate surface area is 123 Å². The summed E-state index contributed by atoms with van der Waals surface area (Å²) in [5.41, 5.74) is 0.658. The van der Waals surface area contributed by atoms with E-state index in [2.05, 4.69) is 4.90 Å². The molecule has 1 aliphatic heterocycles. The topological polar surface area (TPSA) is 41.9 Å². The van der Waals surface area contributed by atoms with E-state index in [0.29, 0.717) is 18.6 Å². The number of β-amino-alcohol motifs (C(OH)–C–C–N with tert-alkyl or cyclic N) is 1. The molecule has 2 fully saturated rings. The van der Waals surface area contributed by atoms with Gasteiger partial charge in [0.25, 0.3) is 0 Å². The monoisotopic (exact) mass is 285 g/mol. The third-order valence-corrected chi connectivity index (χ3v) is 5.02. The van der Waals surface area contributed by atoms with E-state index in [0.717, 1.165) is 19.6 Å². The molecule has 20 heavy (non-hydrogen) atoms. The molecule has 0 radical (unpaired) electrons. The summed E-state index contributed by atoms with van der Waals surface area (Å²) in [4.78, 5) is 2.40. The van der Waals surface area contributed by atoms with Crippen molar-refractivity contribution >= 4 is 0 Å². The molecule has 118 valence electrons. The van der Waals surface area contributed by atoms with E-state index >= 15 is 0 Å². The molecule has 0 bridgehead atoms. The Bertz CT molecular complexity index is 269. The van der Waals surface area contributed by atoms with E-state index in [1.165, 1.54) is 38.5 Å². The van der Waals surface area contributed by atoms with Gasteiger partial charge in [-0.05, 0) is 51.1 Å². The van der Waals surface area contributed by atoms with E-state index in [1.807, 2.05) is 6.92 Å². The van der Waals surface area contributed by atoms with E-state index < -0.39 is 0 Å². The normalized spacial score (nSPS) is 25.9. The first-order valence-corrected chi connectivity index (χ1v) is 8.14. The van der Waals surface area contributed by atoms with Crippen LogP contribution in [0.4, 0.5) is 0 Å². The maximum atomic E-state index is 10.1. The van der Waals surface area contributed by atoms with E-state index in [4.69, 9.17) is 9.47 Å². The molecule has 1 N–H and O–H groups in total. The van der Waals surface area contributed by atoms with Crippen molar-refractivity contribution < 1.29 is 14.6 Å². The molecule has 2 aliphatic rings. The number of aliphatic hydroxyl groups excluding tert-OH is 1. The van der Waals surface area contributed by atoms with Gasteiger partial charge in [-0.1, -0.05) is 12.8 Å². The summed E-state index contributed by atoms with van der Waals surface area (Å²) in [5, 5.41) is 10.1. The molecule has 0 aromatic carbocycles. The summed E-state index contributed by atoms with van der Waals surface area (Å²) in [6.07, 6.45) is 8.02. The van der Waals surface area contributed by atoms with Crippen LogP contribution in [0.2, 0.25) is 0 Å². The van der Waals surface area contributed by atoms with E-state index in [9.17, 15) is 5.11 Å². The summed E-state index contributed by atoms with van der Waals surface area (Å²) >= 11 is 0. The average molecular weight is 285 g/mol. The number of likely N-dealkylation sites (tertiary alicyclic amines) is 1. The van der Waals surface area contributed by atoms with Crippen molar-refractivity contribution in [3.8, 4) is 0 Å². The fraction of sp³-hybridized carbons (Fsp3) is 1.00. The van der Waals surface area contributed by atoms with Crippen LogP contribution in [0.3, 0.4) is 0 Å². The Kier molecular flexibility index (Phi) is 6.27. The molecule has 1 spiro atoms. The molecular formula is C16H31NO3. The van der Waals surface area contributed by atoms with Crippen molar-refractivity contribution in [3.05, 3.63) is 0 Å². The SMILES string of the molecule is COCC(C)OCC(O)CN1CCC2(CCCC2)CC1. The lowest BCUT2D eigenvalue weighted by Crippen LogP contribution is -2.43. The first kappa shape index (κ1) is 16.2. The molecule has 1 saturated carbocycles. The smallest absolute Gasteiger partial charge is 0.0900 e. The van der Waals surface area contributed by atoms with Gasteiger partial charge in [-0.25, -0.2) is 0 Å². The highest BCUT2D eigenvalue weighted by molar-refractivity contribution is 4.90. The third kappa shape index (κ3) is 4.69. The summed E-state index contributed by atoms with van der Waals surface area (Å²) in [7, 11) is 1.67. The lowest BCUT2D eigenvalue weighted by atomic mass is 9.77. The summed E-state index contributed by atoms with van der Waals surface area (Å²) in [5.74, 6) is 0. The molecule has 1 aliphatic carbocycles. The Balaban J connectivity index is 1.62. The van der Waals surface area contributed by atoms with Crippen LogP contribution in [0.25, 0.3) is 0 Å². The van der Waals surface area contributed by atoms with Crippen LogP contribution >= 0.6 is 0 Å². The highest BCUT2D eigenvalue weighted by atomic mass is 16.5. The molecular weight excluding hydrogens is 254 g/mol. The van der Waals surface area contributed by atoms with Crippen molar-refractivity contribution in [3.63, 3.8) is 0 Å². The zero-order valence-electron chi connectivity index (χ0n) is 13.1. The molecule has 1 heterocycles. The summed E-state index contributed by atoms with van der Waals surface area (Å²) in [6, 6.07) is 0. The zero-order chi connectivity index (χ0) is 14.4. The molecule has 2 atom stereocenters. The van der Waals surface area contributed by atoms with Crippen LogP contribution in [-0.2, 0) is 9.47 Å². The standard InChI is InChI=1S/C16H31NO3/c1-14(12-19-2)20-13-15(18)11-17-9-7-16(8-10-17)5-3-4-6-16/h14-15,18H,3-13H2,1-2H3. The second-order valence-electron chi connectivity index (χ2n) is 6.76. The predicted molar refractivity (Wildman–Crippen MR) is 79.9 cm³/mol. The van der Waals surface area contributed by atoms with Gasteiger partial charge >= 0.3 is 0 Å². The number of piperidine rings is 1. The van der Waals surface area contributed by atoms with Gasteiger partial charge in [0.1, 0.15) is 0 Å². The van der Waals surface area contributed by atoms with Crippen LogP contribution in [-0.4, -0.2) is 62.2 Å². The molecule has 2 rings (SSSR count). The molecule has 4 nitrogen and oxygen atoms in total. The average Bonchev–Trinajstić information content (AvgIpc) is 2.88. The second-order valence-corrected chi connectivity index (χ2v) is 6.76. The van der Waals surface area contributed by atoms with Crippen molar-refractivity contribution in [1.29, 1.82) is 0 Å². The Morgan fingerprint density at radius 2 is 1.75 bits per heavy atom. The number of aliphatic hydroxyl groups is 1. The molecule has 1 saturated heterocycles. The fourth-order valence-electron chi connectivity index (χ4n) is 3.74. The molecule has 0 amide bonds. The van der Waals surface area contributed by atoms with Gasteiger partial charge in [-0.3, -0.25) is 0 Å². The highest BCUT2D eigenvalue weighted by Crippen LogP contribution is 2.46. The highest BCUT2D eigenvalue weighted by Gasteiger charge is 2.37. The number of nitrogens with zero attached hydrogens (tertiary/aromatic N) is 1. The second kappa shape index (κ2) is 7.74. The summed E-state index contributed by atoms with van der Waals surface area (Å²) < 4.78 is 10.6. The lowest BCUT2D eigenvalue weighted by Gasteiger charge is -2.40. The minimum absolute atomic E-state index is 0.0535. The Morgan fingerprint density at radius 1 is 1.10 bits per heavy atom. The van der Waals surface area contributed by atoms with Crippen molar-refractivity contribution in [2.75, 3.05) is 40.0 Å². The van der Waals surface area contributed by atoms with Gasteiger partial charge in [-0.15, -0.1) is 0 Å². The van der Waals surface area contributed by atoms with Crippen molar-refractivity contribution in [1.82, 2.24) is 4.90 Å². The first-order chi connectivity index (χ1) is 9.63. The van der Waals surface area contributed by atoms with Gasteiger partial charge in [-0.2, -0.15) is 0 Å².